The zero-order chi connectivity index (χ0) is 15.4. The summed E-state index contributed by atoms with van der Waals surface area (Å²) in [7, 11) is 9.61. The molecule has 0 amide bonds. The highest BCUT2D eigenvalue weighted by atomic mass is 32.1. The van der Waals surface area contributed by atoms with Gasteiger partial charge in [0, 0.05) is 40.9 Å². The van der Waals surface area contributed by atoms with Crippen molar-refractivity contribution in [2.24, 2.45) is 0 Å². The summed E-state index contributed by atoms with van der Waals surface area (Å²) in [4.78, 5) is 3.81. The van der Waals surface area contributed by atoms with Crippen LogP contribution in [0, 0.1) is 6.92 Å². The van der Waals surface area contributed by atoms with Gasteiger partial charge in [-0.1, -0.05) is 17.7 Å². The van der Waals surface area contributed by atoms with E-state index in [1.165, 1.54) is 5.56 Å². The molecule has 20 heavy (non-hydrogen) atoms. The number of nitrogens with zero attached hydrogens (tertiary/aromatic N) is 4. The van der Waals surface area contributed by atoms with Crippen molar-refractivity contribution in [3.63, 3.8) is 0 Å². The Bertz CT molecular complexity index is 482. The van der Waals surface area contributed by atoms with E-state index in [4.69, 9.17) is 24.4 Å². The Balaban J connectivity index is 3.00. The highest BCUT2D eigenvalue weighted by Gasteiger charge is 2.22. The van der Waals surface area contributed by atoms with Crippen LogP contribution in [0.15, 0.2) is 24.3 Å². The number of hydrogen-bond acceptors (Lipinski definition) is 3. The molecular weight excluding hydrogens is 288 g/mol. The molecule has 0 fully saturated rings. The van der Waals surface area contributed by atoms with Gasteiger partial charge in [0.15, 0.2) is 10.2 Å². The molecule has 0 aromatic heterocycles. The molecular formula is C14H22N4S2. The normalized spacial score (nSPS) is 10.3. The second kappa shape index (κ2) is 6.97. The Labute approximate surface area is 132 Å². The number of anilines is 1. The van der Waals surface area contributed by atoms with Crippen LogP contribution >= 0.6 is 24.4 Å². The highest BCUT2D eigenvalue weighted by Crippen LogP contribution is 2.16. The van der Waals surface area contributed by atoms with E-state index in [2.05, 4.69) is 19.1 Å². The van der Waals surface area contributed by atoms with Crippen molar-refractivity contribution in [3.05, 3.63) is 29.8 Å². The monoisotopic (exact) mass is 310 g/mol. The van der Waals surface area contributed by atoms with E-state index < -0.39 is 0 Å². The molecule has 6 heteroatoms. The first-order valence-corrected chi connectivity index (χ1v) is 7.10. The molecule has 0 bridgehead atoms. The van der Waals surface area contributed by atoms with Crippen molar-refractivity contribution in [2.45, 2.75) is 6.92 Å². The molecule has 110 valence electrons. The third-order valence-electron chi connectivity index (χ3n) is 2.85. The predicted molar refractivity (Wildman–Crippen MR) is 94.0 cm³/mol. The smallest absolute Gasteiger partial charge is 0.197 e. The summed E-state index contributed by atoms with van der Waals surface area (Å²) in [6.45, 7) is 2.06. The van der Waals surface area contributed by atoms with Gasteiger partial charge in [-0.15, -0.1) is 0 Å². The van der Waals surface area contributed by atoms with Crippen LogP contribution in [0.1, 0.15) is 5.56 Å². The molecule has 1 aromatic rings. The number of aryl methyl sites for hydroxylation is 1. The summed E-state index contributed by atoms with van der Waals surface area (Å²) in [5.41, 5.74) is 2.26. The number of thiocarbonyl (C=S) groups is 2. The number of benzene rings is 1. The van der Waals surface area contributed by atoms with Crippen LogP contribution < -0.4 is 4.90 Å². The minimum atomic E-state index is 0.637. The second-order valence-electron chi connectivity index (χ2n) is 5.01. The van der Waals surface area contributed by atoms with Gasteiger partial charge in [-0.25, -0.2) is 10.0 Å². The molecule has 4 nitrogen and oxygen atoms in total. The lowest BCUT2D eigenvalue weighted by atomic mass is 10.2. The Kier molecular flexibility index (Phi) is 5.86. The van der Waals surface area contributed by atoms with E-state index >= 15 is 0 Å². The largest absolute Gasteiger partial charge is 0.354 e. The van der Waals surface area contributed by atoms with Gasteiger partial charge in [-0.05, 0) is 43.5 Å². The summed E-state index contributed by atoms with van der Waals surface area (Å²) in [6.07, 6.45) is 0. The number of hydrogen-bond donors (Lipinski definition) is 0. The zero-order valence-corrected chi connectivity index (χ0v) is 14.5. The maximum Gasteiger partial charge on any atom is 0.197 e. The lowest BCUT2D eigenvalue weighted by Crippen LogP contribution is -2.54. The first-order valence-electron chi connectivity index (χ1n) is 6.28. The van der Waals surface area contributed by atoms with Crippen molar-refractivity contribution >= 4 is 40.3 Å². The topological polar surface area (TPSA) is 13.0 Å². The van der Waals surface area contributed by atoms with Gasteiger partial charge < -0.3 is 9.80 Å². The van der Waals surface area contributed by atoms with Crippen LogP contribution in [0.25, 0.3) is 0 Å². The lowest BCUT2D eigenvalue weighted by molar-refractivity contribution is 0.186. The van der Waals surface area contributed by atoms with Gasteiger partial charge >= 0.3 is 0 Å². The van der Waals surface area contributed by atoms with E-state index in [-0.39, 0.29) is 0 Å². The van der Waals surface area contributed by atoms with Crippen molar-refractivity contribution in [1.82, 2.24) is 14.9 Å². The summed E-state index contributed by atoms with van der Waals surface area (Å²) in [6, 6.07) is 8.24. The molecule has 0 spiro atoms. The van der Waals surface area contributed by atoms with Crippen LogP contribution in [-0.4, -0.2) is 60.4 Å². The van der Waals surface area contributed by atoms with Gasteiger partial charge in [-0.3, -0.25) is 0 Å². The summed E-state index contributed by atoms with van der Waals surface area (Å²) >= 11 is 11.0. The van der Waals surface area contributed by atoms with Gasteiger partial charge in [0.1, 0.15) is 0 Å². The van der Waals surface area contributed by atoms with E-state index in [1.54, 1.807) is 0 Å². The Morgan fingerprint density at radius 2 is 1.35 bits per heavy atom. The molecule has 0 radical (unpaired) electrons. The molecule has 0 saturated carbocycles. The number of rotatable bonds is 2. The lowest BCUT2D eigenvalue weighted by Gasteiger charge is -2.37. The molecule has 0 aliphatic heterocycles. The Morgan fingerprint density at radius 3 is 1.75 bits per heavy atom. The maximum atomic E-state index is 5.58. The molecule has 1 rings (SSSR count). The summed E-state index contributed by atoms with van der Waals surface area (Å²) in [5, 5.41) is 5.00. The van der Waals surface area contributed by atoms with E-state index in [0.717, 1.165) is 5.69 Å². The van der Waals surface area contributed by atoms with E-state index in [0.29, 0.717) is 10.2 Å². The standard InChI is InChI=1S/C14H22N4S2/c1-11-7-9-12(10-8-11)17(6)14(20)18(16(4)5)13(19)15(2)3/h7-10H,1-6H3. The fourth-order valence-electron chi connectivity index (χ4n) is 1.63. The van der Waals surface area contributed by atoms with Crippen LogP contribution in [0.3, 0.4) is 0 Å². The summed E-state index contributed by atoms with van der Waals surface area (Å²) in [5.74, 6) is 0. The van der Waals surface area contributed by atoms with Gasteiger partial charge in [0.05, 0.1) is 0 Å². The van der Waals surface area contributed by atoms with Gasteiger partial charge in [0.2, 0.25) is 0 Å². The highest BCUT2D eigenvalue weighted by molar-refractivity contribution is 7.81. The predicted octanol–water partition coefficient (Wildman–Crippen LogP) is 2.34. The molecule has 1 aromatic carbocycles. The molecule has 0 N–H and O–H groups in total. The van der Waals surface area contributed by atoms with Crippen molar-refractivity contribution < 1.29 is 0 Å². The fraction of sp³-hybridized carbons (Fsp3) is 0.429. The van der Waals surface area contributed by atoms with Crippen LogP contribution in [-0.2, 0) is 0 Å². The van der Waals surface area contributed by atoms with Crippen molar-refractivity contribution in [3.8, 4) is 0 Å². The minimum Gasteiger partial charge on any atom is -0.354 e. The molecule has 0 aliphatic carbocycles. The third kappa shape index (κ3) is 3.88. The van der Waals surface area contributed by atoms with Crippen LogP contribution in [0.5, 0.6) is 0 Å². The zero-order valence-electron chi connectivity index (χ0n) is 12.9. The molecule has 0 saturated heterocycles. The molecule has 0 heterocycles. The first kappa shape index (κ1) is 16.8. The van der Waals surface area contributed by atoms with E-state index in [1.807, 2.05) is 67.2 Å². The van der Waals surface area contributed by atoms with Crippen LogP contribution in [0.2, 0.25) is 0 Å². The van der Waals surface area contributed by atoms with Gasteiger partial charge in [-0.2, -0.15) is 0 Å². The van der Waals surface area contributed by atoms with Crippen molar-refractivity contribution in [1.29, 1.82) is 0 Å². The third-order valence-corrected chi connectivity index (χ3v) is 3.84. The summed E-state index contributed by atoms with van der Waals surface area (Å²) < 4.78 is 0. The Hall–Kier alpha value is -1.24. The fourth-order valence-corrected chi connectivity index (χ4v) is 2.30. The second-order valence-corrected chi connectivity index (χ2v) is 5.74. The molecule has 0 unspecified atom stereocenters. The number of hydrazine groups is 1. The average Bonchev–Trinajstić information content (AvgIpc) is 2.38. The first-order chi connectivity index (χ1) is 9.25. The van der Waals surface area contributed by atoms with Crippen LogP contribution in [0.4, 0.5) is 5.69 Å². The van der Waals surface area contributed by atoms with Crippen molar-refractivity contribution in [2.75, 3.05) is 40.1 Å². The quantitative estimate of drug-likeness (QED) is 0.610. The minimum absolute atomic E-state index is 0.637. The van der Waals surface area contributed by atoms with Gasteiger partial charge in [0.25, 0.3) is 0 Å². The maximum absolute atomic E-state index is 5.58. The average molecular weight is 310 g/mol. The molecule has 0 atom stereocenters. The SMILES string of the molecule is Cc1ccc(N(C)C(=S)N(C(=S)N(C)C)N(C)C)cc1. The Morgan fingerprint density at radius 1 is 0.850 bits per heavy atom. The molecule has 0 aliphatic rings. The van der Waals surface area contributed by atoms with E-state index in [9.17, 15) is 0 Å².